The third-order valence-corrected chi connectivity index (χ3v) is 8.86. The Morgan fingerprint density at radius 2 is 0.778 bits per heavy atom. The monoisotopic (exact) mass is 782 g/mol. The van der Waals surface area contributed by atoms with Gasteiger partial charge in [-0.25, -0.2) is 16.8 Å². The predicted molar refractivity (Wildman–Crippen MR) is 193 cm³/mol. The summed E-state index contributed by atoms with van der Waals surface area (Å²) in [5.74, 6) is 1.36. The molecule has 16 nitrogen and oxygen atoms in total. The van der Waals surface area contributed by atoms with Crippen LogP contribution in [0.3, 0.4) is 0 Å². The molecule has 0 atom stereocenters. The van der Waals surface area contributed by atoms with Gasteiger partial charge in [-0.15, -0.1) is 0 Å². The van der Waals surface area contributed by atoms with Crippen LogP contribution in [0.25, 0.3) is 12.2 Å². The number of aryl methyl sites for hydroxylation is 2. The molecular formula is C34H28N10Na2O6S2. The molecule has 264 valence electrons. The van der Waals surface area contributed by atoms with Gasteiger partial charge >= 0.3 is 59.1 Å². The first-order valence-corrected chi connectivity index (χ1v) is 18.1. The molecule has 0 radical (unpaired) electrons. The molecule has 0 spiro atoms. The van der Waals surface area contributed by atoms with Gasteiger partial charge in [0.05, 0.1) is 9.79 Å². The maximum Gasteiger partial charge on any atom is 1.00 e. The van der Waals surface area contributed by atoms with E-state index in [1.54, 1.807) is 13.8 Å². The standard InChI is InChI=1S/C34H30N10O6S2.2Na/c1-21-35-31(39-25-9-5-3-6-10-25)43-33(37-21)41-27-17-15-23(29(19-27)51(45,46)47)13-14-24-16-18-28(20-30(24)52(48,49)50)42-34-38-22(2)36-32(44-34)40-26-11-7-4-8-12-26;;/h3-20H,1-2H3,(H,45,46,47)(H,48,49,50)(H2,35,37,39,41,43)(H2,36,38,40,42,44);;/q;2*+1/p-2/b14-13+;;. The molecule has 4 N–H and O–H groups in total. The summed E-state index contributed by atoms with van der Waals surface area (Å²) < 4.78 is 74.0. The third-order valence-electron chi connectivity index (χ3n) is 7.07. The minimum absolute atomic E-state index is 0. The van der Waals surface area contributed by atoms with Crippen molar-refractivity contribution in [3.8, 4) is 0 Å². The smallest absolute Gasteiger partial charge is 0.744 e. The quantitative estimate of drug-likeness (QED) is 0.0704. The summed E-state index contributed by atoms with van der Waals surface area (Å²) in [4.78, 5) is 24.4. The van der Waals surface area contributed by atoms with Gasteiger partial charge in [0, 0.05) is 22.7 Å². The van der Waals surface area contributed by atoms with E-state index in [1.165, 1.54) is 36.4 Å². The summed E-state index contributed by atoms with van der Waals surface area (Å²) in [5, 5.41) is 11.9. The first kappa shape index (κ1) is 42.4. The van der Waals surface area contributed by atoms with E-state index in [-0.39, 0.29) is 105 Å². The van der Waals surface area contributed by atoms with Crippen LogP contribution in [0.5, 0.6) is 0 Å². The minimum Gasteiger partial charge on any atom is -0.744 e. The van der Waals surface area contributed by atoms with Crippen molar-refractivity contribution in [3.63, 3.8) is 0 Å². The summed E-state index contributed by atoms with van der Waals surface area (Å²) >= 11 is 0. The number of para-hydroxylation sites is 2. The topological polar surface area (TPSA) is 240 Å². The Balaban J connectivity index is 0.00000325. The van der Waals surface area contributed by atoms with E-state index in [2.05, 4.69) is 51.2 Å². The second kappa shape index (κ2) is 18.3. The molecule has 0 saturated heterocycles. The molecule has 0 aliphatic rings. The first-order chi connectivity index (χ1) is 24.8. The number of hydrogen-bond donors (Lipinski definition) is 4. The number of aromatic nitrogens is 6. The van der Waals surface area contributed by atoms with Crippen LogP contribution in [-0.2, 0) is 20.2 Å². The molecule has 2 heterocycles. The molecule has 54 heavy (non-hydrogen) atoms. The van der Waals surface area contributed by atoms with E-state index >= 15 is 0 Å². The number of anilines is 8. The van der Waals surface area contributed by atoms with Crippen LogP contribution >= 0.6 is 0 Å². The van der Waals surface area contributed by atoms with Crippen LogP contribution in [-0.4, -0.2) is 55.8 Å². The largest absolute Gasteiger partial charge is 1.00 e. The van der Waals surface area contributed by atoms with Gasteiger partial charge in [0.1, 0.15) is 31.9 Å². The average molecular weight is 783 g/mol. The number of nitrogens with one attached hydrogen (secondary N) is 4. The van der Waals surface area contributed by atoms with Gasteiger partial charge in [0.2, 0.25) is 23.8 Å². The molecule has 0 aliphatic carbocycles. The van der Waals surface area contributed by atoms with E-state index in [4.69, 9.17) is 0 Å². The Labute approximate surface area is 355 Å². The number of benzene rings is 4. The average Bonchev–Trinajstić information content (AvgIpc) is 3.07. The second-order valence-electron chi connectivity index (χ2n) is 11.0. The van der Waals surface area contributed by atoms with E-state index in [9.17, 15) is 25.9 Å². The maximum atomic E-state index is 12.3. The second-order valence-corrected chi connectivity index (χ2v) is 13.7. The SMILES string of the molecule is Cc1nc(Nc2ccccc2)nc(Nc2ccc(/C=C/c3ccc(Nc4nc(C)nc(Nc5ccccc5)n4)cc3S(=O)(=O)[O-])c(S(=O)(=O)[O-])c2)n1.[Na+].[Na+]. The fourth-order valence-electron chi connectivity index (χ4n) is 4.86. The molecule has 0 aliphatic heterocycles. The van der Waals surface area contributed by atoms with Crippen LogP contribution in [0.2, 0.25) is 0 Å². The van der Waals surface area contributed by atoms with Gasteiger partial charge in [-0.1, -0.05) is 60.7 Å². The van der Waals surface area contributed by atoms with Crippen molar-refractivity contribution in [1.29, 1.82) is 0 Å². The van der Waals surface area contributed by atoms with Gasteiger partial charge in [-0.05, 0) is 73.5 Å². The van der Waals surface area contributed by atoms with Crippen LogP contribution in [0.4, 0.5) is 46.5 Å². The Morgan fingerprint density at radius 1 is 0.463 bits per heavy atom. The van der Waals surface area contributed by atoms with Crippen molar-refractivity contribution in [2.45, 2.75) is 23.6 Å². The maximum absolute atomic E-state index is 12.3. The van der Waals surface area contributed by atoms with Crippen molar-refractivity contribution in [2.75, 3.05) is 21.3 Å². The van der Waals surface area contributed by atoms with Gasteiger partial charge < -0.3 is 30.4 Å². The molecule has 20 heteroatoms. The molecule has 0 bridgehead atoms. The van der Waals surface area contributed by atoms with Crippen molar-refractivity contribution in [3.05, 3.63) is 120 Å². The zero-order valence-electron chi connectivity index (χ0n) is 29.3. The number of rotatable bonds is 12. The fourth-order valence-corrected chi connectivity index (χ4v) is 6.25. The van der Waals surface area contributed by atoms with Gasteiger partial charge in [0.25, 0.3) is 0 Å². The van der Waals surface area contributed by atoms with E-state index in [0.717, 1.165) is 23.5 Å². The molecule has 0 unspecified atom stereocenters. The Morgan fingerprint density at radius 3 is 1.09 bits per heavy atom. The predicted octanol–water partition coefficient (Wildman–Crippen LogP) is -0.366. The molecule has 4 aromatic carbocycles. The molecular weight excluding hydrogens is 755 g/mol. The van der Waals surface area contributed by atoms with Crippen LogP contribution in [0.1, 0.15) is 22.8 Å². The van der Waals surface area contributed by atoms with Crippen LogP contribution < -0.4 is 80.4 Å². The summed E-state index contributed by atoms with van der Waals surface area (Å²) in [7, 11) is -10.1. The van der Waals surface area contributed by atoms with Crippen LogP contribution in [0, 0.1) is 13.8 Å². The Hall–Kier alpha value is -4.34. The van der Waals surface area contributed by atoms with Crippen molar-refractivity contribution >= 4 is 78.9 Å². The van der Waals surface area contributed by atoms with Gasteiger partial charge in [0.15, 0.2) is 0 Å². The molecule has 0 fully saturated rings. The Kier molecular flexibility index (Phi) is 14.4. The van der Waals surface area contributed by atoms with Crippen molar-refractivity contribution in [1.82, 2.24) is 29.9 Å². The zero-order valence-corrected chi connectivity index (χ0v) is 35.0. The normalized spacial score (nSPS) is 11.3. The van der Waals surface area contributed by atoms with Gasteiger partial charge in [-0.3, -0.25) is 0 Å². The number of nitrogens with zero attached hydrogens (tertiary/aromatic N) is 6. The zero-order chi connectivity index (χ0) is 36.9. The minimum atomic E-state index is -5.04. The fraction of sp³-hybridized carbons (Fsp3) is 0.0588. The van der Waals surface area contributed by atoms with E-state index in [1.807, 2.05) is 60.7 Å². The van der Waals surface area contributed by atoms with Gasteiger partial charge in [-0.2, -0.15) is 29.9 Å². The van der Waals surface area contributed by atoms with Crippen molar-refractivity contribution < 1.29 is 85.1 Å². The molecule has 2 aromatic heterocycles. The van der Waals surface area contributed by atoms with Crippen molar-refractivity contribution in [2.24, 2.45) is 0 Å². The third kappa shape index (κ3) is 11.6. The summed E-state index contributed by atoms with van der Waals surface area (Å²) in [6.45, 7) is 3.30. The van der Waals surface area contributed by atoms with E-state index in [0.29, 0.717) is 11.6 Å². The molecule has 6 rings (SSSR count). The first-order valence-electron chi connectivity index (χ1n) is 15.3. The van der Waals surface area contributed by atoms with Crippen LogP contribution in [0.15, 0.2) is 107 Å². The molecule has 0 saturated carbocycles. The summed E-state index contributed by atoms with van der Waals surface area (Å²) in [6.07, 6.45) is 2.44. The Bertz CT molecular complexity index is 2340. The van der Waals surface area contributed by atoms with E-state index < -0.39 is 30.0 Å². The summed E-state index contributed by atoms with van der Waals surface area (Å²) in [6, 6.07) is 26.2. The summed E-state index contributed by atoms with van der Waals surface area (Å²) in [5.41, 5.74) is 1.70. The molecule has 0 amide bonds. The number of hydrogen-bond acceptors (Lipinski definition) is 16. The molecule has 6 aromatic rings.